The van der Waals surface area contributed by atoms with Crippen molar-refractivity contribution in [1.82, 2.24) is 5.32 Å². The molecule has 0 aliphatic rings. The lowest BCUT2D eigenvalue weighted by Crippen LogP contribution is -2.26. The summed E-state index contributed by atoms with van der Waals surface area (Å²) in [7, 11) is -4.02. The minimum absolute atomic E-state index is 0. The van der Waals surface area contributed by atoms with Gasteiger partial charge in [0.15, 0.2) is 0 Å². The number of nitrogens with two attached hydrogens (primary N) is 1. The van der Waals surface area contributed by atoms with Crippen molar-refractivity contribution in [1.29, 1.82) is 0 Å². The third-order valence-electron chi connectivity index (χ3n) is 3.80. The molecule has 0 aromatic heterocycles. The Morgan fingerprint density at radius 1 is 1.15 bits per heavy atom. The minimum Gasteiger partial charge on any atom is -0.352 e. The molecule has 2 aromatic carbocycles. The number of aryl methyl sites for hydroxylation is 1. The van der Waals surface area contributed by atoms with Crippen LogP contribution in [0.2, 0.25) is 0 Å². The SMILES string of the molecule is Cc1ccc(S(=O)(=O)Nc2ccccc2F)cc1C(=O)NCCCCN.Cl. The van der Waals surface area contributed by atoms with Gasteiger partial charge in [-0.25, -0.2) is 12.8 Å². The highest BCUT2D eigenvalue weighted by atomic mass is 35.5. The van der Waals surface area contributed by atoms with Crippen molar-refractivity contribution in [3.8, 4) is 0 Å². The zero-order valence-electron chi connectivity index (χ0n) is 14.9. The predicted molar refractivity (Wildman–Crippen MR) is 106 cm³/mol. The maximum Gasteiger partial charge on any atom is 0.262 e. The van der Waals surface area contributed by atoms with Gasteiger partial charge >= 0.3 is 0 Å². The number of para-hydroxylation sites is 1. The number of halogens is 2. The quantitative estimate of drug-likeness (QED) is 0.577. The highest BCUT2D eigenvalue weighted by Gasteiger charge is 2.19. The second-order valence-corrected chi connectivity index (χ2v) is 7.50. The highest BCUT2D eigenvalue weighted by Crippen LogP contribution is 2.21. The van der Waals surface area contributed by atoms with E-state index in [2.05, 4.69) is 10.0 Å². The standard InChI is InChI=1S/C18H22FN3O3S.ClH/c1-13-8-9-14(12-15(13)18(23)21-11-5-4-10-20)26(24,25)22-17-7-3-2-6-16(17)19;/h2-3,6-9,12,22H,4-5,10-11,20H2,1H3,(H,21,23);1H. The fourth-order valence-corrected chi connectivity index (χ4v) is 3.42. The Hall–Kier alpha value is -2.16. The van der Waals surface area contributed by atoms with Crippen molar-refractivity contribution in [3.05, 3.63) is 59.4 Å². The largest absolute Gasteiger partial charge is 0.352 e. The molecule has 0 radical (unpaired) electrons. The second-order valence-electron chi connectivity index (χ2n) is 5.81. The van der Waals surface area contributed by atoms with Gasteiger partial charge in [-0.05, 0) is 56.1 Å². The van der Waals surface area contributed by atoms with Crippen molar-refractivity contribution < 1.29 is 17.6 Å². The van der Waals surface area contributed by atoms with Gasteiger partial charge in [0.05, 0.1) is 10.6 Å². The molecule has 0 saturated carbocycles. The molecule has 0 bridgehead atoms. The van der Waals surface area contributed by atoms with Crippen LogP contribution in [0.15, 0.2) is 47.4 Å². The van der Waals surface area contributed by atoms with Crippen LogP contribution in [0.5, 0.6) is 0 Å². The number of hydrogen-bond donors (Lipinski definition) is 3. The van der Waals surface area contributed by atoms with Gasteiger partial charge in [-0.2, -0.15) is 0 Å². The first kappa shape index (κ1) is 22.9. The number of carbonyl (C=O) groups is 1. The van der Waals surface area contributed by atoms with Crippen LogP contribution in [0.4, 0.5) is 10.1 Å². The van der Waals surface area contributed by atoms with Gasteiger partial charge in [0, 0.05) is 12.1 Å². The molecule has 0 aliphatic heterocycles. The smallest absolute Gasteiger partial charge is 0.262 e. The molecule has 4 N–H and O–H groups in total. The molecule has 1 amide bonds. The zero-order valence-corrected chi connectivity index (χ0v) is 16.5. The van der Waals surface area contributed by atoms with Gasteiger partial charge < -0.3 is 11.1 Å². The van der Waals surface area contributed by atoms with Crippen molar-refractivity contribution in [2.24, 2.45) is 5.73 Å². The number of hydrogen-bond acceptors (Lipinski definition) is 4. The molecule has 0 heterocycles. The second kappa shape index (κ2) is 10.2. The van der Waals surface area contributed by atoms with E-state index in [1.54, 1.807) is 13.0 Å². The number of benzene rings is 2. The third-order valence-corrected chi connectivity index (χ3v) is 5.16. The lowest BCUT2D eigenvalue weighted by atomic mass is 10.1. The van der Waals surface area contributed by atoms with E-state index in [4.69, 9.17) is 5.73 Å². The summed E-state index contributed by atoms with van der Waals surface area (Å²) in [5.41, 5.74) is 6.16. The van der Waals surface area contributed by atoms with Crippen molar-refractivity contribution in [3.63, 3.8) is 0 Å². The first-order valence-corrected chi connectivity index (χ1v) is 9.70. The summed E-state index contributed by atoms with van der Waals surface area (Å²) < 4.78 is 40.9. The Labute approximate surface area is 164 Å². The Balaban J connectivity index is 0.00000364. The molecule has 9 heteroatoms. The van der Waals surface area contributed by atoms with E-state index < -0.39 is 15.8 Å². The van der Waals surface area contributed by atoms with Gasteiger partial charge in [0.2, 0.25) is 0 Å². The molecule has 0 atom stereocenters. The Morgan fingerprint density at radius 3 is 2.52 bits per heavy atom. The molecule has 0 fully saturated rings. The number of nitrogens with one attached hydrogen (secondary N) is 2. The number of anilines is 1. The van der Waals surface area contributed by atoms with Crippen LogP contribution in [0.3, 0.4) is 0 Å². The molecule has 0 saturated heterocycles. The molecule has 0 spiro atoms. The van der Waals surface area contributed by atoms with E-state index in [1.807, 2.05) is 0 Å². The molecule has 2 aromatic rings. The molecule has 2 rings (SSSR count). The topological polar surface area (TPSA) is 101 Å². The Bertz CT molecular complexity index is 891. The van der Waals surface area contributed by atoms with Crippen molar-refractivity contribution in [2.75, 3.05) is 17.8 Å². The van der Waals surface area contributed by atoms with E-state index >= 15 is 0 Å². The van der Waals surface area contributed by atoms with Gasteiger partial charge in [-0.3, -0.25) is 9.52 Å². The van der Waals surface area contributed by atoms with E-state index in [1.165, 1.54) is 30.3 Å². The minimum atomic E-state index is -4.02. The summed E-state index contributed by atoms with van der Waals surface area (Å²) in [5, 5.41) is 2.74. The van der Waals surface area contributed by atoms with Gasteiger partial charge in [-0.1, -0.05) is 18.2 Å². The summed E-state index contributed by atoms with van der Waals surface area (Å²) in [6, 6.07) is 9.69. The Morgan fingerprint density at radius 2 is 1.85 bits per heavy atom. The number of amides is 1. The van der Waals surface area contributed by atoms with Gasteiger partial charge in [-0.15, -0.1) is 12.4 Å². The van der Waals surface area contributed by atoms with Crippen LogP contribution in [0.25, 0.3) is 0 Å². The maximum atomic E-state index is 13.7. The summed E-state index contributed by atoms with van der Waals surface area (Å²) >= 11 is 0. The van der Waals surface area contributed by atoms with E-state index in [0.717, 1.165) is 18.9 Å². The lowest BCUT2D eigenvalue weighted by Gasteiger charge is -2.12. The molecular formula is C18H23ClFN3O3S. The summed E-state index contributed by atoms with van der Waals surface area (Å²) in [5.74, 6) is -1.04. The highest BCUT2D eigenvalue weighted by molar-refractivity contribution is 7.92. The number of rotatable bonds is 8. The van der Waals surface area contributed by atoms with Crippen molar-refractivity contribution in [2.45, 2.75) is 24.7 Å². The van der Waals surface area contributed by atoms with Crippen LogP contribution in [-0.4, -0.2) is 27.4 Å². The fourth-order valence-electron chi connectivity index (χ4n) is 2.33. The maximum absolute atomic E-state index is 13.7. The first-order valence-electron chi connectivity index (χ1n) is 8.21. The van der Waals surface area contributed by atoms with Crippen LogP contribution in [0.1, 0.15) is 28.8 Å². The fraction of sp³-hybridized carbons (Fsp3) is 0.278. The van der Waals surface area contributed by atoms with Crippen molar-refractivity contribution >= 4 is 34.0 Å². The molecule has 148 valence electrons. The third kappa shape index (κ3) is 6.20. The lowest BCUT2D eigenvalue weighted by molar-refractivity contribution is 0.0952. The van der Waals surface area contributed by atoms with E-state index in [0.29, 0.717) is 18.7 Å². The summed E-state index contributed by atoms with van der Waals surface area (Å²) in [6.07, 6.45) is 1.54. The molecular weight excluding hydrogens is 393 g/mol. The average molecular weight is 416 g/mol. The Kier molecular flexibility index (Phi) is 8.68. The van der Waals surface area contributed by atoms with Crippen LogP contribution < -0.4 is 15.8 Å². The van der Waals surface area contributed by atoms with Crippen LogP contribution in [-0.2, 0) is 10.0 Å². The molecule has 27 heavy (non-hydrogen) atoms. The van der Waals surface area contributed by atoms with Gasteiger partial charge in [0.25, 0.3) is 15.9 Å². The predicted octanol–water partition coefficient (Wildman–Crippen LogP) is 2.83. The summed E-state index contributed by atoms with van der Waals surface area (Å²) in [4.78, 5) is 12.2. The average Bonchev–Trinajstić information content (AvgIpc) is 2.60. The van der Waals surface area contributed by atoms with Crippen LogP contribution in [0, 0.1) is 12.7 Å². The number of sulfonamides is 1. The number of unbranched alkanes of at least 4 members (excludes halogenated alkanes) is 1. The van der Waals surface area contributed by atoms with Crippen LogP contribution >= 0.6 is 12.4 Å². The number of carbonyl (C=O) groups excluding carboxylic acids is 1. The van der Waals surface area contributed by atoms with E-state index in [9.17, 15) is 17.6 Å². The monoisotopic (exact) mass is 415 g/mol. The summed E-state index contributed by atoms with van der Waals surface area (Å²) in [6.45, 7) is 2.72. The molecule has 0 unspecified atom stereocenters. The first-order chi connectivity index (χ1) is 12.3. The molecule has 0 aliphatic carbocycles. The zero-order chi connectivity index (χ0) is 19.2. The normalized spacial score (nSPS) is 10.8. The van der Waals surface area contributed by atoms with E-state index in [-0.39, 0.29) is 34.5 Å². The molecule has 6 nitrogen and oxygen atoms in total. The van der Waals surface area contributed by atoms with Gasteiger partial charge in [0.1, 0.15) is 5.82 Å².